The molecule has 0 aromatic carbocycles. The van der Waals surface area contributed by atoms with Gasteiger partial charge in [0.05, 0.1) is 17.8 Å². The van der Waals surface area contributed by atoms with Crippen LogP contribution < -0.4 is 0 Å². The highest BCUT2D eigenvalue weighted by molar-refractivity contribution is 5.38. The monoisotopic (exact) mass is 428 g/mol. The van der Waals surface area contributed by atoms with Gasteiger partial charge in [-0.15, -0.1) is 0 Å². The SMILES string of the molecule is C=C1/C(=C\C=C2/CCC3(C)C(CCC3[C@H](C)/C=C/[C@H](C)C(C)(C)O)C2)C[C@@H](O)CC1O. The molecule has 4 unspecified atom stereocenters. The van der Waals surface area contributed by atoms with E-state index in [2.05, 4.69) is 51.7 Å². The second kappa shape index (κ2) is 9.37. The zero-order valence-corrected chi connectivity index (χ0v) is 20.3. The quantitative estimate of drug-likeness (QED) is 0.490. The number of allylic oxidation sites excluding steroid dienone is 4. The Morgan fingerprint density at radius 2 is 1.81 bits per heavy atom. The van der Waals surface area contributed by atoms with Gasteiger partial charge in [0.15, 0.2) is 0 Å². The molecule has 0 aromatic rings. The molecule has 3 aliphatic rings. The summed E-state index contributed by atoms with van der Waals surface area (Å²) in [4.78, 5) is 0. The number of aliphatic hydroxyl groups excluding tert-OH is 2. The van der Waals surface area contributed by atoms with Crippen molar-refractivity contribution in [3.05, 3.63) is 47.6 Å². The number of fused-ring (bicyclic) bond motifs is 1. The van der Waals surface area contributed by atoms with Gasteiger partial charge in [-0.2, -0.15) is 0 Å². The Labute approximate surface area is 189 Å². The summed E-state index contributed by atoms with van der Waals surface area (Å²) >= 11 is 0. The lowest BCUT2D eigenvalue weighted by atomic mass is 9.61. The lowest BCUT2D eigenvalue weighted by Gasteiger charge is -2.43. The van der Waals surface area contributed by atoms with E-state index in [9.17, 15) is 15.3 Å². The molecule has 0 spiro atoms. The summed E-state index contributed by atoms with van der Waals surface area (Å²) in [6.07, 6.45) is 14.9. The van der Waals surface area contributed by atoms with Gasteiger partial charge in [0.2, 0.25) is 0 Å². The molecule has 0 saturated heterocycles. The summed E-state index contributed by atoms with van der Waals surface area (Å²) in [7, 11) is 0. The normalized spacial score (nSPS) is 39.3. The van der Waals surface area contributed by atoms with E-state index in [1.165, 1.54) is 24.8 Å². The van der Waals surface area contributed by atoms with Gasteiger partial charge in [-0.25, -0.2) is 0 Å². The molecule has 0 aliphatic heterocycles. The molecule has 174 valence electrons. The van der Waals surface area contributed by atoms with E-state index < -0.39 is 17.8 Å². The second-order valence-electron chi connectivity index (χ2n) is 11.4. The second-order valence-corrected chi connectivity index (χ2v) is 11.4. The molecule has 3 nitrogen and oxygen atoms in total. The lowest BCUT2D eigenvalue weighted by Crippen LogP contribution is -2.35. The molecule has 0 amide bonds. The van der Waals surface area contributed by atoms with E-state index in [1.807, 2.05) is 13.8 Å². The van der Waals surface area contributed by atoms with Gasteiger partial charge in [0, 0.05) is 12.3 Å². The first kappa shape index (κ1) is 24.5. The number of hydrogen-bond donors (Lipinski definition) is 3. The molecule has 3 N–H and O–H groups in total. The van der Waals surface area contributed by atoms with Crippen molar-refractivity contribution in [3.8, 4) is 0 Å². The molecule has 3 aliphatic carbocycles. The Morgan fingerprint density at radius 3 is 2.48 bits per heavy atom. The van der Waals surface area contributed by atoms with Crippen LogP contribution in [0.4, 0.5) is 0 Å². The smallest absolute Gasteiger partial charge is 0.0811 e. The maximum Gasteiger partial charge on any atom is 0.0811 e. The first-order valence-corrected chi connectivity index (χ1v) is 12.3. The molecular formula is C28H44O3. The maximum atomic E-state index is 10.2. The average molecular weight is 429 g/mol. The van der Waals surface area contributed by atoms with Crippen molar-refractivity contribution in [2.75, 3.05) is 0 Å². The fraction of sp³-hybridized carbons (Fsp3) is 0.714. The highest BCUT2D eigenvalue weighted by Crippen LogP contribution is 2.58. The predicted molar refractivity (Wildman–Crippen MR) is 128 cm³/mol. The van der Waals surface area contributed by atoms with E-state index in [-0.39, 0.29) is 5.92 Å². The first-order valence-electron chi connectivity index (χ1n) is 12.3. The molecule has 0 aromatic heterocycles. The fourth-order valence-electron chi connectivity index (χ4n) is 6.12. The molecule has 0 bridgehead atoms. The summed E-state index contributed by atoms with van der Waals surface area (Å²) in [6, 6.07) is 0. The Bertz CT molecular complexity index is 753. The minimum absolute atomic E-state index is 0.153. The van der Waals surface area contributed by atoms with Gasteiger partial charge in [0.25, 0.3) is 0 Å². The van der Waals surface area contributed by atoms with Gasteiger partial charge >= 0.3 is 0 Å². The van der Waals surface area contributed by atoms with Crippen LogP contribution in [0.5, 0.6) is 0 Å². The molecule has 0 heterocycles. The number of rotatable bonds is 5. The van der Waals surface area contributed by atoms with Crippen LogP contribution in [0.3, 0.4) is 0 Å². The molecule has 0 radical (unpaired) electrons. The molecule has 3 fully saturated rings. The maximum absolute atomic E-state index is 10.2. The molecule has 3 heteroatoms. The van der Waals surface area contributed by atoms with Crippen molar-refractivity contribution in [2.45, 2.75) is 97.4 Å². The Kier molecular flexibility index (Phi) is 7.40. The summed E-state index contributed by atoms with van der Waals surface area (Å²) in [5, 5.41) is 30.3. The molecular weight excluding hydrogens is 384 g/mol. The van der Waals surface area contributed by atoms with Crippen LogP contribution in [0.25, 0.3) is 0 Å². The van der Waals surface area contributed by atoms with E-state index in [0.29, 0.717) is 30.1 Å². The van der Waals surface area contributed by atoms with Crippen molar-refractivity contribution < 1.29 is 15.3 Å². The van der Waals surface area contributed by atoms with Gasteiger partial charge in [0.1, 0.15) is 0 Å². The summed E-state index contributed by atoms with van der Waals surface area (Å²) < 4.78 is 0. The largest absolute Gasteiger partial charge is 0.393 e. The molecule has 31 heavy (non-hydrogen) atoms. The van der Waals surface area contributed by atoms with Crippen LogP contribution in [0.2, 0.25) is 0 Å². The van der Waals surface area contributed by atoms with Gasteiger partial charge in [-0.1, -0.05) is 57.2 Å². The van der Waals surface area contributed by atoms with Crippen molar-refractivity contribution in [3.63, 3.8) is 0 Å². The third kappa shape index (κ3) is 5.43. The third-order valence-electron chi connectivity index (χ3n) is 8.84. The third-order valence-corrected chi connectivity index (χ3v) is 8.84. The number of aliphatic hydroxyl groups is 3. The van der Waals surface area contributed by atoms with Gasteiger partial charge in [-0.3, -0.25) is 0 Å². The Hall–Kier alpha value is -1.16. The summed E-state index contributed by atoms with van der Waals surface area (Å²) in [6.45, 7) is 14.7. The van der Waals surface area contributed by atoms with E-state index >= 15 is 0 Å². The molecule has 7 atom stereocenters. The highest BCUT2D eigenvalue weighted by atomic mass is 16.3. The van der Waals surface area contributed by atoms with Crippen LogP contribution in [-0.4, -0.2) is 33.1 Å². The zero-order chi connectivity index (χ0) is 23.0. The Morgan fingerprint density at radius 1 is 1.10 bits per heavy atom. The predicted octanol–water partition coefficient (Wildman–Crippen LogP) is 5.73. The van der Waals surface area contributed by atoms with Crippen LogP contribution in [-0.2, 0) is 0 Å². The van der Waals surface area contributed by atoms with E-state index in [4.69, 9.17) is 0 Å². The van der Waals surface area contributed by atoms with Crippen LogP contribution >= 0.6 is 0 Å². The van der Waals surface area contributed by atoms with E-state index in [1.54, 1.807) is 0 Å². The van der Waals surface area contributed by atoms with Gasteiger partial charge in [-0.05, 0) is 86.7 Å². The van der Waals surface area contributed by atoms with Crippen LogP contribution in [0, 0.1) is 29.1 Å². The minimum Gasteiger partial charge on any atom is -0.393 e. The molecule has 3 rings (SSSR count). The topological polar surface area (TPSA) is 60.7 Å². The van der Waals surface area contributed by atoms with Crippen LogP contribution in [0.15, 0.2) is 47.6 Å². The first-order chi connectivity index (χ1) is 14.4. The fourth-order valence-corrected chi connectivity index (χ4v) is 6.12. The average Bonchev–Trinajstić information content (AvgIpc) is 3.03. The minimum atomic E-state index is -0.674. The van der Waals surface area contributed by atoms with Crippen LogP contribution in [0.1, 0.15) is 79.6 Å². The lowest BCUT2D eigenvalue weighted by molar-refractivity contribution is 0.0435. The zero-order valence-electron chi connectivity index (χ0n) is 20.3. The Balaban J connectivity index is 1.66. The van der Waals surface area contributed by atoms with Crippen molar-refractivity contribution in [1.29, 1.82) is 0 Å². The highest BCUT2D eigenvalue weighted by Gasteiger charge is 2.49. The molecule has 3 saturated carbocycles. The van der Waals surface area contributed by atoms with Crippen molar-refractivity contribution in [1.82, 2.24) is 0 Å². The van der Waals surface area contributed by atoms with Crippen molar-refractivity contribution >= 4 is 0 Å². The summed E-state index contributed by atoms with van der Waals surface area (Å²) in [5.74, 6) is 2.11. The van der Waals surface area contributed by atoms with Gasteiger partial charge < -0.3 is 15.3 Å². The standard InChI is InChI=1S/C28H44O3/c1-18(7-8-19(2)27(4,5)31)25-12-11-23-15-21(13-14-28(23,25)6)9-10-22-16-24(29)17-26(30)20(22)3/h7-10,18-19,23-26,29-31H,3,11-17H2,1-2,4-6H3/b8-7+,21-9+,22-10-/t18-,19+,23?,24-,25?,26?,28?/m1/s1. The number of hydrogen-bond acceptors (Lipinski definition) is 3. The van der Waals surface area contributed by atoms with E-state index in [0.717, 1.165) is 29.9 Å². The summed E-state index contributed by atoms with van der Waals surface area (Å²) in [5.41, 5.74) is 2.97. The van der Waals surface area contributed by atoms with Crippen molar-refractivity contribution in [2.24, 2.45) is 29.1 Å².